The molecule has 4 heterocycles. The number of hydrogen-bond donors (Lipinski definition) is 0. The Morgan fingerprint density at radius 1 is 1.12 bits per heavy atom. The number of carbonyl (C=O) groups is 1. The summed E-state index contributed by atoms with van der Waals surface area (Å²) in [7, 11) is 6.18. The standard InChI is InChI=1S/C26H24BN5O2/c1-15(2)25-29-10-18(11-30-25)26(33)32(23-5-4-8-28-16(23)3)12-17-6-7-19-20-13-34-14-21(20)24(27)31-22(19)9-17/h4-11,15H,12-14H2,1-3H3. The number of aryl methyl sites for hydroxylation is 1. The Labute approximate surface area is 199 Å². The van der Waals surface area contributed by atoms with Crippen molar-refractivity contribution >= 4 is 35.9 Å². The zero-order valence-corrected chi connectivity index (χ0v) is 19.4. The van der Waals surface area contributed by atoms with Crippen molar-refractivity contribution in [3.05, 3.63) is 82.7 Å². The van der Waals surface area contributed by atoms with Crippen LogP contribution in [0.3, 0.4) is 0 Å². The highest BCUT2D eigenvalue weighted by Gasteiger charge is 2.23. The number of carbonyl (C=O) groups excluding carboxylic acids is 1. The number of amides is 1. The normalized spacial score (nSPS) is 12.8. The molecule has 8 heteroatoms. The van der Waals surface area contributed by atoms with Crippen molar-refractivity contribution in [3.8, 4) is 0 Å². The molecular weight excluding hydrogens is 425 g/mol. The van der Waals surface area contributed by atoms with Crippen LogP contribution in [-0.2, 0) is 24.5 Å². The van der Waals surface area contributed by atoms with E-state index in [4.69, 9.17) is 12.6 Å². The predicted octanol–water partition coefficient (Wildman–Crippen LogP) is 3.52. The largest absolute Gasteiger partial charge is 0.372 e. The number of rotatable bonds is 5. The quantitative estimate of drug-likeness (QED) is 0.434. The van der Waals surface area contributed by atoms with Crippen molar-refractivity contribution in [2.24, 2.45) is 0 Å². The van der Waals surface area contributed by atoms with Gasteiger partial charge in [0.05, 0.1) is 42.2 Å². The van der Waals surface area contributed by atoms with Gasteiger partial charge < -0.3 is 9.64 Å². The van der Waals surface area contributed by atoms with Crippen LogP contribution in [0, 0.1) is 6.92 Å². The van der Waals surface area contributed by atoms with Crippen molar-refractivity contribution in [1.29, 1.82) is 0 Å². The van der Waals surface area contributed by atoms with E-state index in [9.17, 15) is 4.79 Å². The Balaban J connectivity index is 1.53. The van der Waals surface area contributed by atoms with Crippen LogP contribution in [0.15, 0.2) is 48.9 Å². The number of hydrogen-bond acceptors (Lipinski definition) is 6. The minimum atomic E-state index is -0.193. The third-order valence-corrected chi connectivity index (χ3v) is 6.09. The second-order valence-electron chi connectivity index (χ2n) is 8.78. The molecule has 3 aromatic heterocycles. The molecule has 168 valence electrons. The van der Waals surface area contributed by atoms with E-state index in [1.807, 2.05) is 51.1 Å². The predicted molar refractivity (Wildman–Crippen MR) is 131 cm³/mol. The van der Waals surface area contributed by atoms with Gasteiger partial charge in [-0.2, -0.15) is 0 Å². The van der Waals surface area contributed by atoms with Crippen molar-refractivity contribution in [2.75, 3.05) is 4.90 Å². The fourth-order valence-corrected chi connectivity index (χ4v) is 4.23. The SMILES string of the molecule is [B]c1nc2cc(CN(C(=O)c3cnc(C(C)C)nc3)c3cccnc3C)ccc2c2c1COC2. The highest BCUT2D eigenvalue weighted by atomic mass is 16.5. The zero-order valence-electron chi connectivity index (χ0n) is 19.4. The van der Waals surface area contributed by atoms with E-state index in [0.717, 1.165) is 39.0 Å². The van der Waals surface area contributed by atoms with Crippen LogP contribution in [0.4, 0.5) is 5.69 Å². The van der Waals surface area contributed by atoms with Crippen LogP contribution in [0.2, 0.25) is 0 Å². The first kappa shape index (κ1) is 22.2. The molecule has 0 saturated heterocycles. The van der Waals surface area contributed by atoms with Crippen molar-refractivity contribution in [2.45, 2.75) is 46.4 Å². The van der Waals surface area contributed by atoms with Crippen LogP contribution in [0.1, 0.15) is 58.3 Å². The molecule has 1 aliphatic heterocycles. The monoisotopic (exact) mass is 449 g/mol. The summed E-state index contributed by atoms with van der Waals surface area (Å²) >= 11 is 0. The number of aromatic nitrogens is 4. The lowest BCUT2D eigenvalue weighted by atomic mass is 9.92. The second-order valence-corrected chi connectivity index (χ2v) is 8.78. The van der Waals surface area contributed by atoms with E-state index in [2.05, 4.69) is 19.9 Å². The smallest absolute Gasteiger partial charge is 0.261 e. The second kappa shape index (κ2) is 8.95. The Kier molecular flexibility index (Phi) is 5.83. The van der Waals surface area contributed by atoms with Gasteiger partial charge >= 0.3 is 0 Å². The molecule has 0 aliphatic carbocycles. The van der Waals surface area contributed by atoms with E-state index in [1.54, 1.807) is 23.5 Å². The first-order valence-electron chi connectivity index (χ1n) is 11.3. The maximum absolute atomic E-state index is 13.6. The summed E-state index contributed by atoms with van der Waals surface area (Å²) in [4.78, 5) is 33.1. The van der Waals surface area contributed by atoms with E-state index in [0.29, 0.717) is 36.7 Å². The summed E-state index contributed by atoms with van der Waals surface area (Å²) in [6, 6.07) is 9.75. The molecule has 0 N–H and O–H groups in total. The molecule has 7 nitrogen and oxygen atoms in total. The Hall–Kier alpha value is -3.65. The van der Waals surface area contributed by atoms with Gasteiger partial charge in [0.1, 0.15) is 13.7 Å². The van der Waals surface area contributed by atoms with Crippen LogP contribution in [-0.4, -0.2) is 33.7 Å². The van der Waals surface area contributed by atoms with Gasteiger partial charge in [-0.1, -0.05) is 26.0 Å². The fraction of sp³-hybridized carbons (Fsp3) is 0.269. The van der Waals surface area contributed by atoms with Gasteiger partial charge in [0, 0.05) is 29.9 Å². The summed E-state index contributed by atoms with van der Waals surface area (Å²) in [6.45, 7) is 7.28. The van der Waals surface area contributed by atoms with E-state index >= 15 is 0 Å². The average Bonchev–Trinajstić information content (AvgIpc) is 3.34. The highest BCUT2D eigenvalue weighted by molar-refractivity contribution is 6.32. The van der Waals surface area contributed by atoms with Gasteiger partial charge in [0.25, 0.3) is 5.91 Å². The minimum Gasteiger partial charge on any atom is -0.372 e. The molecule has 0 bridgehead atoms. The van der Waals surface area contributed by atoms with Crippen LogP contribution < -0.4 is 10.5 Å². The fourth-order valence-electron chi connectivity index (χ4n) is 4.23. The lowest BCUT2D eigenvalue weighted by Crippen LogP contribution is -2.31. The third-order valence-electron chi connectivity index (χ3n) is 6.09. The molecule has 0 atom stereocenters. The Morgan fingerprint density at radius 2 is 1.88 bits per heavy atom. The summed E-state index contributed by atoms with van der Waals surface area (Å²) in [5, 5.41) is 1.03. The molecule has 0 unspecified atom stereocenters. The van der Waals surface area contributed by atoms with Gasteiger partial charge in [0.2, 0.25) is 0 Å². The first-order valence-corrected chi connectivity index (χ1v) is 11.3. The third kappa shape index (κ3) is 4.05. The Bertz CT molecular complexity index is 1390. The summed E-state index contributed by atoms with van der Waals surface area (Å²) in [5.41, 5.74) is 6.18. The van der Waals surface area contributed by atoms with Gasteiger partial charge in [0.15, 0.2) is 0 Å². The molecule has 2 radical (unpaired) electrons. The summed E-state index contributed by atoms with van der Waals surface area (Å²) in [6.07, 6.45) is 4.90. The van der Waals surface area contributed by atoms with E-state index < -0.39 is 0 Å². The maximum atomic E-state index is 13.6. The molecule has 1 aliphatic rings. The number of anilines is 1. The van der Waals surface area contributed by atoms with Crippen molar-refractivity contribution in [1.82, 2.24) is 19.9 Å². The highest BCUT2D eigenvalue weighted by Crippen LogP contribution is 2.28. The molecule has 34 heavy (non-hydrogen) atoms. The molecule has 0 saturated carbocycles. The van der Waals surface area contributed by atoms with Gasteiger partial charge in [-0.05, 0) is 47.4 Å². The molecule has 0 spiro atoms. The summed E-state index contributed by atoms with van der Waals surface area (Å²) < 4.78 is 5.58. The maximum Gasteiger partial charge on any atom is 0.261 e. The molecule has 1 amide bonds. The number of fused-ring (bicyclic) bond motifs is 3. The van der Waals surface area contributed by atoms with Gasteiger partial charge in [-0.3, -0.25) is 14.8 Å². The lowest BCUT2D eigenvalue weighted by molar-refractivity contribution is 0.0984. The average molecular weight is 449 g/mol. The minimum absolute atomic E-state index is 0.185. The molecule has 4 aromatic rings. The molecule has 1 aromatic carbocycles. The van der Waals surface area contributed by atoms with Crippen LogP contribution >= 0.6 is 0 Å². The topological polar surface area (TPSA) is 81.1 Å². The Morgan fingerprint density at radius 3 is 2.62 bits per heavy atom. The molecule has 0 fully saturated rings. The lowest BCUT2D eigenvalue weighted by Gasteiger charge is -2.24. The van der Waals surface area contributed by atoms with Crippen LogP contribution in [0.5, 0.6) is 0 Å². The van der Waals surface area contributed by atoms with Gasteiger partial charge in [-0.25, -0.2) is 9.97 Å². The van der Waals surface area contributed by atoms with E-state index in [1.165, 1.54) is 0 Å². The van der Waals surface area contributed by atoms with E-state index in [-0.39, 0.29) is 11.8 Å². The molecule has 5 rings (SSSR count). The van der Waals surface area contributed by atoms with Crippen molar-refractivity contribution in [3.63, 3.8) is 0 Å². The molecular formula is C26H24BN5O2. The first-order chi connectivity index (χ1) is 16.4. The zero-order chi connectivity index (χ0) is 23.8. The summed E-state index contributed by atoms with van der Waals surface area (Å²) in [5.74, 6) is 0.696. The van der Waals surface area contributed by atoms with Gasteiger partial charge in [-0.15, -0.1) is 0 Å². The van der Waals surface area contributed by atoms with Crippen LogP contribution in [0.25, 0.3) is 10.9 Å². The number of pyridine rings is 2. The number of benzene rings is 1. The number of ether oxygens (including phenoxy) is 1. The van der Waals surface area contributed by atoms with Crippen molar-refractivity contribution < 1.29 is 9.53 Å². The number of nitrogens with zero attached hydrogens (tertiary/aromatic N) is 5.